The Morgan fingerprint density at radius 3 is 2.87 bits per heavy atom. The number of amides is 1. The minimum absolute atomic E-state index is 0.0358. The Morgan fingerprint density at radius 1 is 1.43 bits per heavy atom. The molecule has 0 saturated heterocycles. The lowest BCUT2D eigenvalue weighted by Crippen LogP contribution is -2.48. The van der Waals surface area contributed by atoms with E-state index in [4.69, 9.17) is 4.74 Å². The predicted octanol–water partition coefficient (Wildman–Crippen LogP) is 1.79. The van der Waals surface area contributed by atoms with Gasteiger partial charge < -0.3 is 10.1 Å². The summed E-state index contributed by atoms with van der Waals surface area (Å²) in [5.41, 5.74) is 0.519. The van der Waals surface area contributed by atoms with Crippen LogP contribution in [0.4, 0.5) is 4.39 Å². The number of hydrogen-bond acceptors (Lipinski definition) is 4. The normalized spacial score (nSPS) is 19.0. The molecule has 2 atom stereocenters. The van der Waals surface area contributed by atoms with E-state index in [0.29, 0.717) is 24.8 Å². The van der Waals surface area contributed by atoms with Crippen molar-refractivity contribution >= 4 is 17.7 Å². The molecular formula is C17H20FNO4. The van der Waals surface area contributed by atoms with Gasteiger partial charge in [-0.1, -0.05) is 12.1 Å². The minimum Gasteiger partial charge on any atom is -0.467 e. The maximum atomic E-state index is 13.2. The average molecular weight is 321 g/mol. The van der Waals surface area contributed by atoms with Crippen LogP contribution >= 0.6 is 0 Å². The van der Waals surface area contributed by atoms with Crippen LogP contribution in [0.1, 0.15) is 31.2 Å². The van der Waals surface area contributed by atoms with Crippen molar-refractivity contribution in [2.24, 2.45) is 5.92 Å². The highest BCUT2D eigenvalue weighted by Gasteiger charge is 2.34. The Morgan fingerprint density at radius 2 is 2.22 bits per heavy atom. The van der Waals surface area contributed by atoms with Crippen LogP contribution in [0.25, 0.3) is 0 Å². The van der Waals surface area contributed by atoms with Gasteiger partial charge in [-0.15, -0.1) is 0 Å². The minimum atomic E-state index is -0.842. The number of carbonyl (C=O) groups is 3. The second kappa shape index (κ2) is 7.85. The summed E-state index contributed by atoms with van der Waals surface area (Å²) in [6, 6.07) is 4.89. The van der Waals surface area contributed by atoms with E-state index in [-0.39, 0.29) is 24.5 Å². The lowest BCUT2D eigenvalue weighted by molar-refractivity contribution is -0.147. The van der Waals surface area contributed by atoms with Crippen molar-refractivity contribution < 1.29 is 23.5 Å². The number of nitrogens with one attached hydrogen (secondary N) is 1. The van der Waals surface area contributed by atoms with Gasteiger partial charge in [-0.05, 0) is 36.5 Å². The number of carbonyl (C=O) groups excluding carboxylic acids is 3. The van der Waals surface area contributed by atoms with Crippen LogP contribution < -0.4 is 5.32 Å². The summed E-state index contributed by atoms with van der Waals surface area (Å²) in [5.74, 6) is -1.53. The van der Waals surface area contributed by atoms with Gasteiger partial charge >= 0.3 is 5.97 Å². The molecule has 1 aliphatic carbocycles. The van der Waals surface area contributed by atoms with Gasteiger partial charge in [-0.25, -0.2) is 9.18 Å². The molecule has 1 aromatic rings. The quantitative estimate of drug-likeness (QED) is 0.839. The smallest absolute Gasteiger partial charge is 0.328 e. The zero-order valence-electron chi connectivity index (χ0n) is 13.0. The Bertz CT molecular complexity index is 602. The van der Waals surface area contributed by atoms with Crippen molar-refractivity contribution in [3.8, 4) is 0 Å². The van der Waals surface area contributed by atoms with E-state index in [1.165, 1.54) is 25.3 Å². The van der Waals surface area contributed by atoms with Gasteiger partial charge in [0, 0.05) is 12.8 Å². The molecule has 2 rings (SSSR count). The molecule has 0 aliphatic heterocycles. The van der Waals surface area contributed by atoms with Crippen LogP contribution in [0, 0.1) is 11.7 Å². The average Bonchev–Trinajstić information content (AvgIpc) is 2.52. The number of ether oxygens (including phenoxy) is 1. The van der Waals surface area contributed by atoms with Gasteiger partial charge in [-0.2, -0.15) is 0 Å². The molecule has 0 spiro atoms. The molecule has 0 unspecified atom stereocenters. The molecule has 1 aliphatic rings. The fraction of sp³-hybridized carbons (Fsp3) is 0.471. The third-order valence-corrected chi connectivity index (χ3v) is 4.02. The molecule has 1 saturated carbocycles. The summed E-state index contributed by atoms with van der Waals surface area (Å²) in [7, 11) is 1.25. The number of halogens is 1. The van der Waals surface area contributed by atoms with E-state index in [2.05, 4.69) is 5.32 Å². The van der Waals surface area contributed by atoms with Crippen molar-refractivity contribution in [3.63, 3.8) is 0 Å². The van der Waals surface area contributed by atoms with E-state index in [1.807, 2.05) is 0 Å². The molecule has 23 heavy (non-hydrogen) atoms. The molecule has 0 radical (unpaired) electrons. The fourth-order valence-electron chi connectivity index (χ4n) is 2.90. The summed E-state index contributed by atoms with van der Waals surface area (Å²) in [6.45, 7) is 0. The Labute approximate surface area is 134 Å². The van der Waals surface area contributed by atoms with Crippen LogP contribution in [0.15, 0.2) is 24.3 Å². The lowest BCUT2D eigenvalue weighted by atomic mass is 9.83. The summed E-state index contributed by atoms with van der Waals surface area (Å²) in [4.78, 5) is 35.7. The highest BCUT2D eigenvalue weighted by molar-refractivity contribution is 5.87. The van der Waals surface area contributed by atoms with Gasteiger partial charge in [0.1, 0.15) is 17.6 Å². The van der Waals surface area contributed by atoms with E-state index in [9.17, 15) is 18.8 Å². The van der Waals surface area contributed by atoms with Gasteiger partial charge in [0.2, 0.25) is 5.91 Å². The zero-order chi connectivity index (χ0) is 16.8. The molecule has 1 amide bonds. The van der Waals surface area contributed by atoms with Crippen LogP contribution in [-0.2, 0) is 25.5 Å². The Hall–Kier alpha value is -2.24. The van der Waals surface area contributed by atoms with Crippen molar-refractivity contribution in [2.45, 2.75) is 38.1 Å². The number of ketones is 1. The summed E-state index contributed by atoms with van der Waals surface area (Å²) < 4.78 is 17.9. The van der Waals surface area contributed by atoms with E-state index < -0.39 is 23.7 Å². The topological polar surface area (TPSA) is 72.5 Å². The second-order valence-electron chi connectivity index (χ2n) is 5.77. The van der Waals surface area contributed by atoms with E-state index >= 15 is 0 Å². The molecular weight excluding hydrogens is 301 g/mol. The number of benzene rings is 1. The third kappa shape index (κ3) is 4.87. The van der Waals surface area contributed by atoms with Crippen molar-refractivity contribution in [3.05, 3.63) is 35.6 Å². The monoisotopic (exact) mass is 321 g/mol. The van der Waals surface area contributed by atoms with Crippen LogP contribution in [0.3, 0.4) is 0 Å². The molecule has 0 heterocycles. The number of rotatable bonds is 5. The zero-order valence-corrected chi connectivity index (χ0v) is 13.0. The van der Waals surface area contributed by atoms with Gasteiger partial charge in [0.25, 0.3) is 0 Å². The highest BCUT2D eigenvalue weighted by Crippen LogP contribution is 2.25. The summed E-state index contributed by atoms with van der Waals surface area (Å²) in [6.07, 6.45) is 2.13. The largest absolute Gasteiger partial charge is 0.467 e. The first-order valence-corrected chi connectivity index (χ1v) is 7.63. The first kappa shape index (κ1) is 17.1. The number of esters is 1. The maximum absolute atomic E-state index is 13.2. The van der Waals surface area contributed by atoms with Crippen molar-refractivity contribution in [1.82, 2.24) is 5.32 Å². The number of methoxy groups -OCH3 is 1. The fourth-order valence-corrected chi connectivity index (χ4v) is 2.90. The SMILES string of the molecule is COC(=O)[C@@H](NC(=O)Cc1cccc(F)c1)[C@H]1CCCC(=O)C1. The molecule has 0 bridgehead atoms. The standard InChI is InChI=1S/C17H20FNO4/c1-23-17(22)16(12-5-3-7-14(20)10-12)19-15(21)9-11-4-2-6-13(18)8-11/h2,4,6,8,12,16H,3,5,7,9-10H2,1H3,(H,19,21)/t12-,16-/m0/s1. The maximum Gasteiger partial charge on any atom is 0.328 e. The number of hydrogen-bond donors (Lipinski definition) is 1. The number of Topliss-reactive ketones (excluding diaryl/α,β-unsaturated/α-hetero) is 1. The van der Waals surface area contributed by atoms with E-state index in [1.54, 1.807) is 6.07 Å². The molecule has 1 N–H and O–H groups in total. The van der Waals surface area contributed by atoms with Crippen LogP contribution in [0.2, 0.25) is 0 Å². The first-order valence-electron chi connectivity index (χ1n) is 7.63. The third-order valence-electron chi connectivity index (χ3n) is 4.02. The second-order valence-corrected chi connectivity index (χ2v) is 5.77. The van der Waals surface area contributed by atoms with Gasteiger partial charge in [-0.3, -0.25) is 9.59 Å². The first-order chi connectivity index (χ1) is 11.0. The Balaban J connectivity index is 2.03. The van der Waals surface area contributed by atoms with Crippen molar-refractivity contribution in [1.29, 1.82) is 0 Å². The molecule has 6 heteroatoms. The predicted molar refractivity (Wildman–Crippen MR) is 81.0 cm³/mol. The molecule has 1 fully saturated rings. The molecule has 5 nitrogen and oxygen atoms in total. The van der Waals surface area contributed by atoms with Gasteiger partial charge in [0.05, 0.1) is 13.5 Å². The lowest BCUT2D eigenvalue weighted by Gasteiger charge is -2.28. The highest BCUT2D eigenvalue weighted by atomic mass is 19.1. The van der Waals surface area contributed by atoms with Gasteiger partial charge in [0.15, 0.2) is 0 Å². The van der Waals surface area contributed by atoms with Crippen LogP contribution in [-0.4, -0.2) is 30.8 Å². The molecule has 0 aromatic heterocycles. The molecule has 124 valence electrons. The molecule has 1 aromatic carbocycles. The summed E-state index contributed by atoms with van der Waals surface area (Å²) in [5, 5.41) is 2.64. The summed E-state index contributed by atoms with van der Waals surface area (Å²) >= 11 is 0. The van der Waals surface area contributed by atoms with Crippen molar-refractivity contribution in [2.75, 3.05) is 7.11 Å². The van der Waals surface area contributed by atoms with E-state index in [0.717, 1.165) is 0 Å². The van der Waals surface area contributed by atoms with Crippen LogP contribution in [0.5, 0.6) is 0 Å². The Kier molecular flexibility index (Phi) is 5.84.